The van der Waals surface area contributed by atoms with Crippen molar-refractivity contribution in [1.82, 2.24) is 5.32 Å². The summed E-state index contributed by atoms with van der Waals surface area (Å²) in [6.45, 7) is 8.75. The van der Waals surface area contributed by atoms with Gasteiger partial charge in [0.05, 0.1) is 24.5 Å². The first-order valence-electron chi connectivity index (χ1n) is 17.1. The summed E-state index contributed by atoms with van der Waals surface area (Å²) < 4.78 is 0. The number of nitrogens with one attached hydrogen (secondary N) is 1. The van der Waals surface area contributed by atoms with Crippen molar-refractivity contribution in [3.8, 4) is 11.1 Å². The molecule has 1 aliphatic heterocycles. The van der Waals surface area contributed by atoms with Crippen molar-refractivity contribution in [2.45, 2.75) is 66.0 Å². The van der Waals surface area contributed by atoms with Gasteiger partial charge in [0.2, 0.25) is 11.8 Å². The fourth-order valence-electron chi connectivity index (χ4n) is 6.69. The minimum Gasteiger partial charge on any atom is -0.369 e. The van der Waals surface area contributed by atoms with Gasteiger partial charge in [0.25, 0.3) is 5.91 Å². The Morgan fingerprint density at radius 3 is 2.21 bits per heavy atom. The number of para-hydroxylation sites is 3. The minimum absolute atomic E-state index is 0.163. The summed E-state index contributed by atoms with van der Waals surface area (Å²) in [4.78, 5) is 45.5. The highest BCUT2D eigenvalue weighted by Gasteiger charge is 2.39. The monoisotopic (exact) mass is 644 g/mol. The van der Waals surface area contributed by atoms with Gasteiger partial charge in [-0.25, -0.2) is 0 Å². The lowest BCUT2D eigenvalue weighted by Crippen LogP contribution is -2.54. The number of carbonyl (C=O) groups excluding carboxylic acids is 3. The van der Waals surface area contributed by atoms with E-state index in [0.29, 0.717) is 19.4 Å². The van der Waals surface area contributed by atoms with E-state index in [0.717, 1.165) is 46.6 Å². The lowest BCUT2D eigenvalue weighted by molar-refractivity contribution is -0.136. The maximum absolute atomic E-state index is 14.7. The summed E-state index contributed by atoms with van der Waals surface area (Å²) in [5.41, 5.74) is 12.8. The van der Waals surface area contributed by atoms with Gasteiger partial charge in [-0.15, -0.1) is 0 Å². The Labute approximate surface area is 285 Å². The molecule has 1 aliphatic rings. The summed E-state index contributed by atoms with van der Waals surface area (Å²) in [5, 5.41) is 3.14. The lowest BCUT2D eigenvalue weighted by Gasteiger charge is -2.30. The van der Waals surface area contributed by atoms with Crippen LogP contribution in [-0.2, 0) is 20.9 Å². The molecule has 4 aromatic carbocycles. The van der Waals surface area contributed by atoms with Gasteiger partial charge >= 0.3 is 0 Å². The molecule has 250 valence electrons. The summed E-state index contributed by atoms with van der Waals surface area (Å²) in [5.74, 6) is -2.04. The summed E-state index contributed by atoms with van der Waals surface area (Å²) in [7, 11) is 0. The lowest BCUT2D eigenvalue weighted by atomic mass is 9.81. The second-order valence-electron chi connectivity index (χ2n) is 13.4. The molecule has 1 heterocycles. The number of amides is 3. The van der Waals surface area contributed by atoms with Crippen molar-refractivity contribution >= 4 is 34.8 Å². The molecule has 0 aliphatic carbocycles. The number of benzene rings is 4. The van der Waals surface area contributed by atoms with Crippen molar-refractivity contribution in [3.05, 3.63) is 114 Å². The minimum atomic E-state index is -0.875. The van der Waals surface area contributed by atoms with Crippen LogP contribution in [0.3, 0.4) is 0 Å². The molecule has 3 atom stereocenters. The summed E-state index contributed by atoms with van der Waals surface area (Å²) >= 11 is 0. The molecule has 48 heavy (non-hydrogen) atoms. The molecule has 0 aromatic heterocycles. The predicted molar refractivity (Wildman–Crippen MR) is 195 cm³/mol. The maximum Gasteiger partial charge on any atom is 0.251 e. The second kappa shape index (κ2) is 15.8. The van der Waals surface area contributed by atoms with Crippen molar-refractivity contribution in [1.29, 1.82) is 0 Å². The standard InChI is InChI=1S/C41H48N4O3/c1-5-6-17-34(39(42)46)35(24-28(2)3)40(47)43-36-27-44(33-15-8-7-9-16-33)37-18-10-11-19-38(37)45(41(36)48)26-30-13-12-14-32(25-30)31-22-20-29(4)21-23-31/h7-16,18-23,25,28,34-36H,5-6,17,24,26-27H2,1-4H3,(H2,42,46)(H,43,47). The topological polar surface area (TPSA) is 95.7 Å². The van der Waals surface area contributed by atoms with Gasteiger partial charge in [-0.05, 0) is 72.7 Å². The molecule has 3 amide bonds. The number of nitrogens with zero attached hydrogens (tertiary/aromatic N) is 2. The number of aryl methyl sites for hydroxylation is 1. The Hall–Kier alpha value is -4.91. The Morgan fingerprint density at radius 2 is 1.54 bits per heavy atom. The quantitative estimate of drug-likeness (QED) is 0.155. The molecule has 7 heteroatoms. The number of anilines is 3. The number of hydrogen-bond donors (Lipinski definition) is 2. The molecule has 5 rings (SSSR count). The fraction of sp³-hybridized carbons (Fsp3) is 0.341. The highest BCUT2D eigenvalue weighted by Crippen LogP contribution is 2.38. The predicted octanol–water partition coefficient (Wildman–Crippen LogP) is 7.79. The Kier molecular flexibility index (Phi) is 11.3. The first-order valence-corrected chi connectivity index (χ1v) is 17.1. The third kappa shape index (κ3) is 8.14. The van der Waals surface area contributed by atoms with E-state index in [1.165, 1.54) is 5.56 Å². The average Bonchev–Trinajstić information content (AvgIpc) is 3.19. The van der Waals surface area contributed by atoms with E-state index in [1.54, 1.807) is 4.90 Å². The molecule has 0 fully saturated rings. The van der Waals surface area contributed by atoms with Gasteiger partial charge in [0.1, 0.15) is 6.04 Å². The van der Waals surface area contributed by atoms with Crippen LogP contribution in [0.15, 0.2) is 103 Å². The smallest absolute Gasteiger partial charge is 0.251 e. The number of rotatable bonds is 13. The number of hydrogen-bond acceptors (Lipinski definition) is 4. The Bertz CT molecular complexity index is 1700. The van der Waals surface area contributed by atoms with Crippen molar-refractivity contribution in [2.75, 3.05) is 16.3 Å². The van der Waals surface area contributed by atoms with E-state index in [1.807, 2.05) is 80.6 Å². The van der Waals surface area contributed by atoms with Crippen LogP contribution in [0.4, 0.5) is 17.1 Å². The number of unbranched alkanes of at least 4 members (excludes halogenated alkanes) is 1. The molecule has 0 radical (unpaired) electrons. The van der Waals surface area contributed by atoms with Crippen LogP contribution in [0.25, 0.3) is 11.1 Å². The fourth-order valence-corrected chi connectivity index (χ4v) is 6.69. The zero-order chi connectivity index (χ0) is 34.2. The maximum atomic E-state index is 14.7. The molecule has 0 saturated heterocycles. The Balaban J connectivity index is 1.54. The molecule has 4 aromatic rings. The third-order valence-electron chi connectivity index (χ3n) is 9.21. The van der Waals surface area contributed by atoms with E-state index in [9.17, 15) is 14.4 Å². The van der Waals surface area contributed by atoms with Crippen molar-refractivity contribution < 1.29 is 14.4 Å². The molecular weight excluding hydrogens is 596 g/mol. The van der Waals surface area contributed by atoms with Crippen LogP contribution in [0, 0.1) is 24.7 Å². The number of carbonyl (C=O) groups is 3. The van der Waals surface area contributed by atoms with Gasteiger partial charge in [0.15, 0.2) is 0 Å². The molecule has 0 saturated carbocycles. The summed E-state index contributed by atoms with van der Waals surface area (Å²) in [6.07, 6.45) is 2.73. The highest BCUT2D eigenvalue weighted by molar-refractivity contribution is 6.04. The van der Waals surface area contributed by atoms with Crippen LogP contribution in [0.1, 0.15) is 57.6 Å². The van der Waals surface area contributed by atoms with Gasteiger partial charge in [-0.2, -0.15) is 0 Å². The van der Waals surface area contributed by atoms with Gasteiger partial charge in [0, 0.05) is 17.5 Å². The molecule has 0 spiro atoms. The zero-order valence-corrected chi connectivity index (χ0v) is 28.6. The summed E-state index contributed by atoms with van der Waals surface area (Å²) in [6, 6.07) is 33.6. The molecule has 3 N–H and O–H groups in total. The normalized spacial score (nSPS) is 15.9. The average molecular weight is 645 g/mol. The van der Waals surface area contributed by atoms with E-state index in [-0.39, 0.29) is 24.3 Å². The van der Waals surface area contributed by atoms with Crippen LogP contribution in [-0.4, -0.2) is 30.3 Å². The third-order valence-corrected chi connectivity index (χ3v) is 9.21. The van der Waals surface area contributed by atoms with Crippen LogP contribution in [0.5, 0.6) is 0 Å². The highest BCUT2D eigenvalue weighted by atomic mass is 16.2. The second-order valence-corrected chi connectivity index (χ2v) is 13.4. The number of nitrogens with two attached hydrogens (primary N) is 1. The number of primary amides is 1. The van der Waals surface area contributed by atoms with E-state index < -0.39 is 23.8 Å². The van der Waals surface area contributed by atoms with Gasteiger partial charge in [-0.1, -0.05) is 112 Å². The number of fused-ring (bicyclic) bond motifs is 1. The zero-order valence-electron chi connectivity index (χ0n) is 28.6. The molecular formula is C41H48N4O3. The van der Waals surface area contributed by atoms with Crippen molar-refractivity contribution in [3.63, 3.8) is 0 Å². The molecule has 3 unspecified atom stereocenters. The molecule has 0 bridgehead atoms. The van der Waals surface area contributed by atoms with E-state index >= 15 is 0 Å². The van der Waals surface area contributed by atoms with E-state index in [4.69, 9.17) is 5.73 Å². The van der Waals surface area contributed by atoms with Gasteiger partial charge < -0.3 is 20.9 Å². The SMILES string of the molecule is CCCCC(C(N)=O)C(CC(C)C)C(=O)NC1CN(c2ccccc2)c2ccccc2N(Cc2cccc(-c3ccc(C)cc3)c2)C1=O. The van der Waals surface area contributed by atoms with Crippen LogP contribution >= 0.6 is 0 Å². The van der Waals surface area contributed by atoms with E-state index in [2.05, 4.69) is 60.5 Å². The van der Waals surface area contributed by atoms with Crippen LogP contribution < -0.4 is 20.9 Å². The Morgan fingerprint density at radius 1 is 0.854 bits per heavy atom. The van der Waals surface area contributed by atoms with Crippen LogP contribution in [0.2, 0.25) is 0 Å². The van der Waals surface area contributed by atoms with Crippen molar-refractivity contribution in [2.24, 2.45) is 23.5 Å². The largest absolute Gasteiger partial charge is 0.369 e. The molecule has 7 nitrogen and oxygen atoms in total. The first-order chi connectivity index (χ1) is 23.2. The first kappa shape index (κ1) is 34.4. The van der Waals surface area contributed by atoms with Gasteiger partial charge in [-0.3, -0.25) is 14.4 Å².